The SMILES string of the molecule is CCS(=O)(=O)c1cc(-c2ccc(OC(F)(F)C(F)F)cc2)cnc1-n1nc2ccc(SC(F)(F)F)cn2c1=O. The molecule has 0 spiro atoms. The Bertz CT molecular complexity index is 1690. The number of hydrogen-bond acceptors (Lipinski definition) is 7. The highest BCUT2D eigenvalue weighted by Gasteiger charge is 2.44. The van der Waals surface area contributed by atoms with Crippen LogP contribution < -0.4 is 10.4 Å². The topological polar surface area (TPSA) is 95.6 Å². The van der Waals surface area contributed by atoms with Gasteiger partial charge in [-0.2, -0.15) is 35.4 Å². The van der Waals surface area contributed by atoms with Crippen molar-refractivity contribution < 1.29 is 43.9 Å². The highest BCUT2D eigenvalue weighted by molar-refractivity contribution is 8.00. The number of aromatic nitrogens is 4. The molecule has 17 heteroatoms. The third kappa shape index (κ3) is 6.03. The van der Waals surface area contributed by atoms with Crippen molar-refractivity contribution in [2.24, 2.45) is 0 Å². The van der Waals surface area contributed by atoms with Crippen molar-refractivity contribution in [3.63, 3.8) is 0 Å². The van der Waals surface area contributed by atoms with Crippen molar-refractivity contribution in [1.82, 2.24) is 19.2 Å². The van der Waals surface area contributed by atoms with E-state index >= 15 is 0 Å². The first kappa shape index (κ1) is 28.4. The molecule has 0 unspecified atom stereocenters. The van der Waals surface area contributed by atoms with Crippen molar-refractivity contribution in [2.45, 2.75) is 34.8 Å². The van der Waals surface area contributed by atoms with Gasteiger partial charge in [0, 0.05) is 22.9 Å². The molecule has 4 aromatic rings. The molecule has 0 aliphatic carbocycles. The molecule has 39 heavy (non-hydrogen) atoms. The zero-order chi connectivity index (χ0) is 28.8. The molecule has 208 valence electrons. The van der Waals surface area contributed by atoms with Crippen LogP contribution in [0.15, 0.2) is 69.4 Å². The summed E-state index contributed by atoms with van der Waals surface area (Å²) in [5, 5.41) is 3.99. The molecule has 0 fully saturated rings. The number of fused-ring (bicyclic) bond motifs is 1. The van der Waals surface area contributed by atoms with E-state index in [0.717, 1.165) is 47.1 Å². The number of sulfone groups is 1. The Morgan fingerprint density at radius 2 is 1.69 bits per heavy atom. The smallest absolute Gasteiger partial charge is 0.428 e. The van der Waals surface area contributed by atoms with Crippen LogP contribution in [0, 0.1) is 0 Å². The Hall–Kier alpha value is -3.60. The van der Waals surface area contributed by atoms with Crippen molar-refractivity contribution >= 4 is 27.2 Å². The molecule has 0 amide bonds. The fraction of sp³-hybridized carbons (Fsp3) is 0.227. The minimum Gasteiger partial charge on any atom is -0.428 e. The zero-order valence-electron chi connectivity index (χ0n) is 19.4. The van der Waals surface area contributed by atoms with E-state index in [0.29, 0.717) is 4.68 Å². The van der Waals surface area contributed by atoms with E-state index in [4.69, 9.17) is 0 Å². The monoisotopic (exact) mass is 596 g/mol. The molecule has 1 aromatic carbocycles. The fourth-order valence-electron chi connectivity index (χ4n) is 3.34. The average Bonchev–Trinajstić information content (AvgIpc) is 3.18. The van der Waals surface area contributed by atoms with Crippen molar-refractivity contribution in [3.8, 4) is 22.7 Å². The number of halogens is 7. The Balaban J connectivity index is 1.78. The van der Waals surface area contributed by atoms with Gasteiger partial charge >= 0.3 is 23.7 Å². The molecule has 0 atom stereocenters. The number of thioether (sulfide) groups is 1. The van der Waals surface area contributed by atoms with E-state index in [1.807, 2.05) is 0 Å². The first-order chi connectivity index (χ1) is 18.1. The van der Waals surface area contributed by atoms with Crippen LogP contribution in [0.1, 0.15) is 6.92 Å². The van der Waals surface area contributed by atoms with E-state index in [1.54, 1.807) is 0 Å². The molecule has 0 saturated heterocycles. The first-order valence-corrected chi connectivity index (χ1v) is 13.1. The predicted molar refractivity (Wildman–Crippen MR) is 125 cm³/mol. The average molecular weight is 597 g/mol. The summed E-state index contributed by atoms with van der Waals surface area (Å²) in [6, 6.07) is 7.73. The van der Waals surface area contributed by atoms with Gasteiger partial charge in [-0.3, -0.25) is 0 Å². The minimum absolute atomic E-state index is 0.0755. The zero-order valence-corrected chi connectivity index (χ0v) is 21.0. The number of hydrogen-bond donors (Lipinski definition) is 0. The van der Waals surface area contributed by atoms with Crippen molar-refractivity contribution in [1.29, 1.82) is 0 Å². The summed E-state index contributed by atoms with van der Waals surface area (Å²) >= 11 is -0.451. The van der Waals surface area contributed by atoms with Gasteiger partial charge in [-0.25, -0.2) is 22.6 Å². The number of rotatable bonds is 8. The van der Waals surface area contributed by atoms with Gasteiger partial charge in [0.25, 0.3) is 0 Å². The number of ether oxygens (including phenoxy) is 1. The lowest BCUT2D eigenvalue weighted by Crippen LogP contribution is -2.33. The molecular formula is C22H15F7N4O4S2. The maximum atomic E-state index is 13.2. The highest BCUT2D eigenvalue weighted by Crippen LogP contribution is 2.36. The van der Waals surface area contributed by atoms with Crippen LogP contribution in [-0.2, 0) is 9.84 Å². The maximum absolute atomic E-state index is 13.2. The molecule has 8 nitrogen and oxygen atoms in total. The normalized spacial score (nSPS) is 12.8. The van der Waals surface area contributed by atoms with Gasteiger partial charge in [0.2, 0.25) is 0 Å². The van der Waals surface area contributed by atoms with E-state index < -0.39 is 67.5 Å². The van der Waals surface area contributed by atoms with Crippen molar-refractivity contribution in [3.05, 3.63) is 65.3 Å². The summed E-state index contributed by atoms with van der Waals surface area (Å²) in [4.78, 5) is 16.3. The summed E-state index contributed by atoms with van der Waals surface area (Å²) in [6.07, 6.45) is -6.73. The molecule has 0 bridgehead atoms. The van der Waals surface area contributed by atoms with Gasteiger partial charge in [0.05, 0.1) is 5.75 Å². The van der Waals surface area contributed by atoms with Crippen LogP contribution in [0.3, 0.4) is 0 Å². The summed E-state index contributed by atoms with van der Waals surface area (Å²) in [5.41, 5.74) is -5.28. The molecule has 0 aliphatic rings. The van der Waals surface area contributed by atoms with Crippen LogP contribution in [0.4, 0.5) is 30.7 Å². The third-order valence-corrected chi connectivity index (χ3v) is 7.61. The van der Waals surface area contributed by atoms with Crippen LogP contribution in [0.25, 0.3) is 22.6 Å². The number of benzene rings is 1. The molecule has 0 saturated carbocycles. The summed E-state index contributed by atoms with van der Waals surface area (Å²) in [5.74, 6) is -1.42. The number of pyridine rings is 2. The van der Waals surface area contributed by atoms with Crippen LogP contribution in [-0.4, -0.2) is 51.4 Å². The van der Waals surface area contributed by atoms with Gasteiger partial charge in [-0.15, -0.1) is 5.10 Å². The van der Waals surface area contributed by atoms with E-state index in [2.05, 4.69) is 14.8 Å². The standard InChI is InChI=1S/C22H15F7N4O4S2/c1-2-39(35,36)16-9-13(12-3-5-14(6-4-12)37-21(25,26)19(23)24)10-30-18(16)33-20(34)32-11-15(38-22(27,28)29)7-8-17(32)31-33/h3-11,19H,2H2,1H3. The molecule has 0 aliphatic heterocycles. The van der Waals surface area contributed by atoms with Crippen LogP contribution in [0.2, 0.25) is 0 Å². The largest absolute Gasteiger partial charge is 0.461 e. The molecule has 0 N–H and O–H groups in total. The second-order valence-electron chi connectivity index (χ2n) is 7.77. The fourth-order valence-corrected chi connectivity index (χ4v) is 4.94. The second kappa shape index (κ2) is 10.2. The van der Waals surface area contributed by atoms with Gasteiger partial charge in [-0.05, 0) is 47.7 Å². The quantitative estimate of drug-likeness (QED) is 0.204. The molecule has 4 rings (SSSR count). The Labute approximate surface area is 219 Å². The Morgan fingerprint density at radius 3 is 2.28 bits per heavy atom. The second-order valence-corrected chi connectivity index (χ2v) is 11.2. The van der Waals surface area contributed by atoms with Gasteiger partial charge in [0.15, 0.2) is 21.3 Å². The lowest BCUT2D eigenvalue weighted by atomic mass is 10.1. The molecule has 3 aromatic heterocycles. The third-order valence-electron chi connectivity index (χ3n) is 5.17. The van der Waals surface area contributed by atoms with Gasteiger partial charge in [0.1, 0.15) is 10.6 Å². The summed E-state index contributed by atoms with van der Waals surface area (Å²) < 4.78 is 121. The number of nitrogens with zero attached hydrogens (tertiary/aromatic N) is 4. The lowest BCUT2D eigenvalue weighted by molar-refractivity contribution is -0.253. The minimum atomic E-state index is -4.72. The van der Waals surface area contributed by atoms with Crippen LogP contribution in [0.5, 0.6) is 5.75 Å². The van der Waals surface area contributed by atoms with Crippen molar-refractivity contribution in [2.75, 3.05) is 5.75 Å². The summed E-state index contributed by atoms with van der Waals surface area (Å²) in [6.45, 7) is 1.33. The number of alkyl halides is 7. The van der Waals surface area contributed by atoms with Gasteiger partial charge in [-0.1, -0.05) is 19.1 Å². The Morgan fingerprint density at radius 1 is 1.03 bits per heavy atom. The highest BCUT2D eigenvalue weighted by atomic mass is 32.2. The van der Waals surface area contributed by atoms with Gasteiger partial charge < -0.3 is 4.74 Å². The molecular weight excluding hydrogens is 581 g/mol. The van der Waals surface area contributed by atoms with E-state index in [9.17, 15) is 43.9 Å². The van der Waals surface area contributed by atoms with E-state index in [1.165, 1.54) is 19.1 Å². The molecule has 3 heterocycles. The van der Waals surface area contributed by atoms with Crippen LogP contribution >= 0.6 is 11.8 Å². The van der Waals surface area contributed by atoms with E-state index in [-0.39, 0.29) is 21.7 Å². The lowest BCUT2D eigenvalue weighted by Gasteiger charge is -2.17. The molecule has 0 radical (unpaired) electrons. The maximum Gasteiger partial charge on any atom is 0.461 e. The Kier molecular flexibility index (Phi) is 7.41. The predicted octanol–water partition coefficient (Wildman–Crippen LogP) is 5.19. The first-order valence-electron chi connectivity index (χ1n) is 10.7. The summed E-state index contributed by atoms with van der Waals surface area (Å²) in [7, 11) is -4.07.